The smallest absolute Gasteiger partial charge is 0.336 e. The first-order valence-corrected chi connectivity index (χ1v) is 7.78. The van der Waals surface area contributed by atoms with Crippen molar-refractivity contribution in [1.29, 1.82) is 0 Å². The van der Waals surface area contributed by atoms with Gasteiger partial charge in [-0.05, 0) is 23.6 Å². The molecule has 0 atom stereocenters. The molecule has 0 bridgehead atoms. The van der Waals surface area contributed by atoms with Gasteiger partial charge < -0.3 is 5.11 Å². The minimum absolute atomic E-state index is 0.000347. The Morgan fingerprint density at radius 2 is 2.00 bits per heavy atom. The van der Waals surface area contributed by atoms with Gasteiger partial charge in [-0.1, -0.05) is 12.1 Å². The van der Waals surface area contributed by atoms with Crippen molar-refractivity contribution in [2.24, 2.45) is 0 Å². The molecule has 0 radical (unpaired) electrons. The summed E-state index contributed by atoms with van der Waals surface area (Å²) in [5, 5.41) is 11.0. The summed E-state index contributed by atoms with van der Waals surface area (Å²) in [6.07, 6.45) is 1.05. The maximum absolute atomic E-state index is 11.4. The van der Waals surface area contributed by atoms with Crippen molar-refractivity contribution in [3.63, 3.8) is 0 Å². The monoisotopic (exact) mass is 282 g/mol. The molecule has 0 aliphatic carbocycles. The van der Waals surface area contributed by atoms with E-state index in [0.29, 0.717) is 5.56 Å². The van der Waals surface area contributed by atoms with Gasteiger partial charge in [-0.25, -0.2) is 13.2 Å². The number of hydrogen-bond acceptors (Lipinski definition) is 4. The third-order valence-electron chi connectivity index (χ3n) is 2.44. The Labute approximate surface area is 108 Å². The van der Waals surface area contributed by atoms with Crippen molar-refractivity contribution in [2.75, 3.05) is 6.26 Å². The Hall–Kier alpha value is -1.66. The highest BCUT2D eigenvalue weighted by molar-refractivity contribution is 7.90. The number of benzene rings is 1. The minimum atomic E-state index is -3.40. The summed E-state index contributed by atoms with van der Waals surface area (Å²) >= 11 is 1.41. The van der Waals surface area contributed by atoms with Gasteiger partial charge >= 0.3 is 5.97 Å². The van der Waals surface area contributed by atoms with E-state index >= 15 is 0 Å². The van der Waals surface area contributed by atoms with Crippen LogP contribution in [-0.4, -0.2) is 25.7 Å². The number of sulfone groups is 1. The van der Waals surface area contributed by atoms with Gasteiger partial charge in [0.25, 0.3) is 0 Å². The highest BCUT2D eigenvalue weighted by atomic mass is 32.2. The second kappa shape index (κ2) is 4.55. The Morgan fingerprint density at radius 3 is 2.50 bits per heavy atom. The van der Waals surface area contributed by atoms with Crippen molar-refractivity contribution in [3.05, 3.63) is 41.3 Å². The highest BCUT2D eigenvalue weighted by Crippen LogP contribution is 2.29. The van der Waals surface area contributed by atoms with Crippen LogP contribution in [0.4, 0.5) is 0 Å². The van der Waals surface area contributed by atoms with Crippen LogP contribution < -0.4 is 0 Å². The molecule has 1 heterocycles. The molecule has 1 aromatic carbocycles. The van der Waals surface area contributed by atoms with E-state index in [4.69, 9.17) is 5.11 Å². The van der Waals surface area contributed by atoms with Crippen LogP contribution >= 0.6 is 11.3 Å². The van der Waals surface area contributed by atoms with E-state index < -0.39 is 15.8 Å². The van der Waals surface area contributed by atoms with Crippen LogP contribution in [0.2, 0.25) is 0 Å². The fourth-order valence-corrected chi connectivity index (χ4v) is 2.99. The van der Waals surface area contributed by atoms with Gasteiger partial charge in [0, 0.05) is 16.7 Å². The lowest BCUT2D eigenvalue weighted by Crippen LogP contribution is -2.03. The van der Waals surface area contributed by atoms with Crippen molar-refractivity contribution in [2.45, 2.75) is 4.90 Å². The van der Waals surface area contributed by atoms with Crippen LogP contribution in [0.25, 0.3) is 10.4 Å². The lowest BCUT2D eigenvalue weighted by molar-refractivity contribution is 0.0697. The van der Waals surface area contributed by atoms with E-state index in [-0.39, 0.29) is 10.5 Å². The molecule has 0 spiro atoms. The van der Waals surface area contributed by atoms with Gasteiger partial charge in [0.15, 0.2) is 9.84 Å². The quantitative estimate of drug-likeness (QED) is 0.939. The maximum Gasteiger partial charge on any atom is 0.336 e. The summed E-state index contributed by atoms with van der Waals surface area (Å²) in [5.74, 6) is -1.14. The predicted octanol–water partition coefficient (Wildman–Crippen LogP) is 2.52. The Morgan fingerprint density at radius 1 is 1.28 bits per heavy atom. The first-order valence-electron chi connectivity index (χ1n) is 5.01. The molecule has 1 N–H and O–H groups in total. The number of carboxylic acids is 1. The zero-order valence-electron chi connectivity index (χ0n) is 9.45. The zero-order valence-corrected chi connectivity index (χ0v) is 11.1. The van der Waals surface area contributed by atoms with E-state index in [1.807, 2.05) is 11.4 Å². The molecule has 0 aliphatic rings. The average molecular weight is 282 g/mol. The van der Waals surface area contributed by atoms with Gasteiger partial charge in [0.2, 0.25) is 0 Å². The molecule has 0 unspecified atom stereocenters. The van der Waals surface area contributed by atoms with Crippen LogP contribution in [0.1, 0.15) is 10.4 Å². The van der Waals surface area contributed by atoms with Crippen LogP contribution in [0.3, 0.4) is 0 Å². The first kappa shape index (κ1) is 12.8. The molecule has 94 valence electrons. The van der Waals surface area contributed by atoms with Gasteiger partial charge in [-0.2, -0.15) is 0 Å². The molecule has 0 saturated heterocycles. The average Bonchev–Trinajstić information content (AvgIpc) is 2.80. The van der Waals surface area contributed by atoms with E-state index in [1.165, 1.54) is 29.5 Å². The van der Waals surface area contributed by atoms with E-state index in [0.717, 1.165) is 11.1 Å². The molecule has 0 saturated carbocycles. The molecule has 0 aliphatic heterocycles. The van der Waals surface area contributed by atoms with E-state index in [2.05, 4.69) is 0 Å². The van der Waals surface area contributed by atoms with Crippen molar-refractivity contribution in [1.82, 2.24) is 0 Å². The fraction of sp³-hybridized carbons (Fsp3) is 0.0833. The summed E-state index contributed by atoms with van der Waals surface area (Å²) in [5.41, 5.74) is 0.533. The number of carbonyl (C=O) groups is 1. The van der Waals surface area contributed by atoms with Gasteiger partial charge in [0.05, 0.1) is 10.5 Å². The molecular weight excluding hydrogens is 272 g/mol. The van der Waals surface area contributed by atoms with E-state index in [1.54, 1.807) is 6.07 Å². The Balaban J connectivity index is 2.67. The molecular formula is C12H10O4S2. The third-order valence-corrected chi connectivity index (χ3v) is 4.45. The van der Waals surface area contributed by atoms with E-state index in [9.17, 15) is 13.2 Å². The minimum Gasteiger partial charge on any atom is -0.478 e. The fourth-order valence-electron chi connectivity index (χ4n) is 1.58. The molecule has 1 aromatic heterocycles. The van der Waals surface area contributed by atoms with Crippen molar-refractivity contribution in [3.8, 4) is 10.4 Å². The third kappa shape index (κ3) is 2.44. The Kier molecular flexibility index (Phi) is 3.23. The SMILES string of the molecule is CS(=O)(=O)c1ccc(-c2cccs2)c(C(=O)O)c1. The summed E-state index contributed by atoms with van der Waals surface area (Å²) in [7, 11) is -3.40. The molecule has 4 nitrogen and oxygen atoms in total. The number of aromatic carboxylic acids is 1. The highest BCUT2D eigenvalue weighted by Gasteiger charge is 2.16. The molecule has 0 fully saturated rings. The second-order valence-electron chi connectivity index (χ2n) is 3.76. The maximum atomic E-state index is 11.4. The summed E-state index contributed by atoms with van der Waals surface area (Å²) in [6.45, 7) is 0. The lowest BCUT2D eigenvalue weighted by atomic mass is 10.1. The number of rotatable bonds is 3. The summed E-state index contributed by atoms with van der Waals surface area (Å²) < 4.78 is 22.8. The van der Waals surface area contributed by atoms with Gasteiger partial charge in [-0.3, -0.25) is 0 Å². The van der Waals surface area contributed by atoms with Crippen LogP contribution in [0.15, 0.2) is 40.6 Å². The van der Waals surface area contributed by atoms with Gasteiger partial charge in [-0.15, -0.1) is 11.3 Å². The molecule has 18 heavy (non-hydrogen) atoms. The molecule has 0 amide bonds. The van der Waals surface area contributed by atoms with Crippen LogP contribution in [0, 0.1) is 0 Å². The van der Waals surface area contributed by atoms with Crippen LogP contribution in [0.5, 0.6) is 0 Å². The molecule has 2 aromatic rings. The lowest BCUT2D eigenvalue weighted by Gasteiger charge is -2.06. The van der Waals surface area contributed by atoms with Gasteiger partial charge in [0.1, 0.15) is 0 Å². The zero-order chi connectivity index (χ0) is 13.3. The summed E-state index contributed by atoms with van der Waals surface area (Å²) in [4.78, 5) is 12.0. The normalized spacial score (nSPS) is 11.4. The summed E-state index contributed by atoms with van der Waals surface area (Å²) in [6, 6.07) is 7.78. The van der Waals surface area contributed by atoms with Crippen molar-refractivity contribution < 1.29 is 18.3 Å². The molecule has 6 heteroatoms. The van der Waals surface area contributed by atoms with Crippen molar-refractivity contribution >= 4 is 27.1 Å². The topological polar surface area (TPSA) is 71.4 Å². The predicted molar refractivity (Wildman–Crippen MR) is 69.8 cm³/mol. The number of hydrogen-bond donors (Lipinski definition) is 1. The van der Waals surface area contributed by atoms with Crippen LogP contribution in [-0.2, 0) is 9.84 Å². The Bertz CT molecular complexity index is 685. The largest absolute Gasteiger partial charge is 0.478 e. The number of thiophene rings is 1. The second-order valence-corrected chi connectivity index (χ2v) is 6.73. The molecule has 2 rings (SSSR count). The first-order chi connectivity index (χ1) is 8.39. The standard InChI is InChI=1S/C12H10O4S2/c1-18(15,16)8-4-5-9(10(7-8)12(13)14)11-3-2-6-17-11/h2-7H,1H3,(H,13,14). The number of carboxylic acid groups (broad SMARTS) is 1.